The zero-order valence-electron chi connectivity index (χ0n) is 15.5. The lowest BCUT2D eigenvalue weighted by Gasteiger charge is -2.25. The van der Waals surface area contributed by atoms with Gasteiger partial charge in [0, 0.05) is 42.9 Å². The maximum atomic E-state index is 12.8. The second kappa shape index (κ2) is 7.94. The third kappa shape index (κ3) is 4.73. The average molecular weight is 408 g/mol. The average Bonchev–Trinajstić information content (AvgIpc) is 3.05. The van der Waals surface area contributed by atoms with E-state index in [4.69, 9.17) is 5.73 Å². The molecule has 2 aromatic heterocycles. The number of amides is 1. The second-order valence-electron chi connectivity index (χ2n) is 6.60. The van der Waals surface area contributed by atoms with Crippen LogP contribution < -0.4 is 16.6 Å². The molecule has 154 valence electrons. The van der Waals surface area contributed by atoms with E-state index in [9.17, 15) is 22.8 Å². The zero-order valence-corrected chi connectivity index (χ0v) is 15.5. The number of aromatic amines is 1. The minimum atomic E-state index is -4.64. The largest absolute Gasteiger partial charge is 0.435 e. The summed E-state index contributed by atoms with van der Waals surface area (Å²) in [5.74, 6) is -0.690. The van der Waals surface area contributed by atoms with Gasteiger partial charge in [-0.15, -0.1) is 0 Å². The van der Waals surface area contributed by atoms with Gasteiger partial charge < -0.3 is 16.0 Å². The third-order valence-corrected chi connectivity index (χ3v) is 4.51. The molecule has 1 aliphatic rings. The molecule has 0 fully saturated rings. The van der Waals surface area contributed by atoms with Crippen molar-refractivity contribution < 1.29 is 18.0 Å². The Balaban J connectivity index is 1.80. The molecule has 0 bridgehead atoms. The minimum Gasteiger partial charge on any atom is -0.402 e. The number of H-pyrrole nitrogens is 1. The highest BCUT2D eigenvalue weighted by Crippen LogP contribution is 2.28. The van der Waals surface area contributed by atoms with Gasteiger partial charge in [0.05, 0.1) is 11.7 Å². The van der Waals surface area contributed by atoms with Gasteiger partial charge in [0.1, 0.15) is 5.69 Å². The van der Waals surface area contributed by atoms with Crippen LogP contribution in [0.25, 0.3) is 0 Å². The predicted molar refractivity (Wildman–Crippen MR) is 99.7 cm³/mol. The van der Waals surface area contributed by atoms with Crippen molar-refractivity contribution in [3.63, 3.8) is 0 Å². The van der Waals surface area contributed by atoms with Crippen molar-refractivity contribution in [1.29, 1.82) is 0 Å². The van der Waals surface area contributed by atoms with Crippen LogP contribution in [0.5, 0.6) is 0 Å². The molecular formula is C18H19F3N6O2. The van der Waals surface area contributed by atoms with E-state index in [1.165, 1.54) is 31.6 Å². The van der Waals surface area contributed by atoms with E-state index >= 15 is 0 Å². The van der Waals surface area contributed by atoms with Crippen molar-refractivity contribution >= 4 is 17.8 Å². The highest BCUT2D eigenvalue weighted by atomic mass is 19.4. The van der Waals surface area contributed by atoms with Gasteiger partial charge in [0.2, 0.25) is 5.56 Å². The van der Waals surface area contributed by atoms with Crippen molar-refractivity contribution in [3.05, 3.63) is 57.4 Å². The number of rotatable bonds is 4. The van der Waals surface area contributed by atoms with Crippen molar-refractivity contribution in [2.75, 3.05) is 0 Å². The summed E-state index contributed by atoms with van der Waals surface area (Å²) in [4.78, 5) is 30.4. The number of aryl methyl sites for hydroxylation is 1. The number of nitrogens with two attached hydrogens (primary N) is 1. The van der Waals surface area contributed by atoms with Crippen LogP contribution in [0.2, 0.25) is 0 Å². The topological polar surface area (TPSA) is 118 Å². The normalized spacial score (nSPS) is 17.7. The highest BCUT2D eigenvalue weighted by molar-refractivity contribution is 5.94. The van der Waals surface area contributed by atoms with Crippen molar-refractivity contribution in [2.45, 2.75) is 31.5 Å². The fourth-order valence-electron chi connectivity index (χ4n) is 3.02. The second-order valence-corrected chi connectivity index (χ2v) is 6.60. The summed E-state index contributed by atoms with van der Waals surface area (Å²) in [6.45, 7) is 0. The summed E-state index contributed by atoms with van der Waals surface area (Å²) in [5.41, 5.74) is 6.07. The van der Waals surface area contributed by atoms with E-state index in [0.717, 1.165) is 4.68 Å². The summed E-state index contributed by atoms with van der Waals surface area (Å²) in [5, 5.41) is 6.06. The molecule has 29 heavy (non-hydrogen) atoms. The van der Waals surface area contributed by atoms with Crippen LogP contribution >= 0.6 is 0 Å². The number of nitrogens with zero attached hydrogens (tertiary/aromatic N) is 3. The van der Waals surface area contributed by atoms with Gasteiger partial charge >= 0.3 is 6.18 Å². The van der Waals surface area contributed by atoms with E-state index in [-0.39, 0.29) is 11.3 Å². The van der Waals surface area contributed by atoms with Crippen LogP contribution in [-0.2, 0) is 13.2 Å². The fraction of sp³-hybridized carbons (Fsp3) is 0.333. The summed E-state index contributed by atoms with van der Waals surface area (Å²) in [7, 11) is 1.27. The van der Waals surface area contributed by atoms with Crippen molar-refractivity contribution in [2.24, 2.45) is 17.8 Å². The van der Waals surface area contributed by atoms with Crippen LogP contribution in [-0.4, -0.2) is 32.9 Å². The Morgan fingerprint density at radius 3 is 2.83 bits per heavy atom. The van der Waals surface area contributed by atoms with E-state index in [2.05, 4.69) is 20.4 Å². The Morgan fingerprint density at radius 2 is 2.21 bits per heavy atom. The molecule has 1 aliphatic carbocycles. The zero-order chi connectivity index (χ0) is 21.2. The maximum absolute atomic E-state index is 12.8. The Bertz CT molecular complexity index is 1010. The standard InChI is InChI=1S/C18H19F3N6O2/c1-27-14(7-15(26-27)18(19,20)21)17(29)25-13-4-2-3-12(22)11(13)9-23-10-5-6-16(28)24-8-10/h5-9,13H,2-4,22H2,1H3,(H,24,28)(H,25,29). The molecule has 1 amide bonds. The van der Waals surface area contributed by atoms with E-state index < -0.39 is 23.8 Å². The van der Waals surface area contributed by atoms with Gasteiger partial charge in [-0.1, -0.05) is 0 Å². The molecule has 2 heterocycles. The number of hydrogen-bond acceptors (Lipinski definition) is 5. The van der Waals surface area contributed by atoms with Gasteiger partial charge in [-0.2, -0.15) is 18.3 Å². The number of pyridine rings is 1. The lowest BCUT2D eigenvalue weighted by Crippen LogP contribution is -2.40. The molecule has 0 spiro atoms. The Hall–Kier alpha value is -3.37. The molecule has 11 heteroatoms. The number of hydrogen-bond donors (Lipinski definition) is 3. The monoisotopic (exact) mass is 408 g/mol. The Kier molecular flexibility index (Phi) is 5.57. The predicted octanol–water partition coefficient (Wildman–Crippen LogP) is 2.02. The van der Waals surface area contributed by atoms with E-state index in [0.29, 0.717) is 42.3 Å². The first-order valence-corrected chi connectivity index (χ1v) is 8.78. The number of aliphatic imine (C=N–C) groups is 1. The number of alkyl halides is 3. The summed E-state index contributed by atoms with van der Waals surface area (Å²) in [6, 6.07) is 3.05. The molecule has 3 rings (SSSR count). The molecule has 0 aliphatic heterocycles. The molecule has 0 saturated heterocycles. The van der Waals surface area contributed by atoms with Gasteiger partial charge in [-0.25, -0.2) is 0 Å². The molecule has 1 atom stereocenters. The van der Waals surface area contributed by atoms with Gasteiger partial charge in [0.15, 0.2) is 5.69 Å². The third-order valence-electron chi connectivity index (χ3n) is 4.51. The summed E-state index contributed by atoms with van der Waals surface area (Å²) in [6.07, 6.45) is 0.177. The van der Waals surface area contributed by atoms with Crippen molar-refractivity contribution in [1.82, 2.24) is 20.1 Å². The van der Waals surface area contributed by atoms with Gasteiger partial charge in [0.25, 0.3) is 5.91 Å². The van der Waals surface area contributed by atoms with Crippen LogP contribution in [0.1, 0.15) is 35.4 Å². The molecular weight excluding hydrogens is 389 g/mol. The first-order valence-electron chi connectivity index (χ1n) is 8.78. The van der Waals surface area contributed by atoms with E-state index in [1.807, 2.05) is 0 Å². The Morgan fingerprint density at radius 1 is 1.45 bits per heavy atom. The minimum absolute atomic E-state index is 0.210. The Labute approximate surface area is 163 Å². The quantitative estimate of drug-likeness (QED) is 0.671. The number of aromatic nitrogens is 3. The van der Waals surface area contributed by atoms with Crippen molar-refractivity contribution in [3.8, 4) is 0 Å². The molecule has 0 radical (unpaired) electrons. The van der Waals surface area contributed by atoms with Crippen LogP contribution in [0.15, 0.2) is 45.5 Å². The lowest BCUT2D eigenvalue weighted by atomic mass is 9.92. The molecule has 0 aromatic carbocycles. The molecule has 4 N–H and O–H groups in total. The summed E-state index contributed by atoms with van der Waals surface area (Å²) < 4.78 is 39.4. The molecule has 1 unspecified atom stereocenters. The fourth-order valence-corrected chi connectivity index (χ4v) is 3.02. The molecule has 8 nitrogen and oxygen atoms in total. The van der Waals surface area contributed by atoms with Crippen LogP contribution in [0.3, 0.4) is 0 Å². The van der Waals surface area contributed by atoms with Gasteiger partial charge in [-0.05, 0) is 25.3 Å². The number of carbonyl (C=O) groups excluding carboxylic acids is 1. The molecule has 0 saturated carbocycles. The first-order chi connectivity index (χ1) is 13.6. The number of halogens is 3. The number of carbonyl (C=O) groups is 1. The number of allylic oxidation sites excluding steroid dienone is 1. The molecule has 2 aromatic rings. The lowest BCUT2D eigenvalue weighted by molar-refractivity contribution is -0.141. The first kappa shape index (κ1) is 20.4. The number of nitrogens with one attached hydrogen (secondary N) is 2. The van der Waals surface area contributed by atoms with Gasteiger partial charge in [-0.3, -0.25) is 19.3 Å². The highest BCUT2D eigenvalue weighted by Gasteiger charge is 2.35. The summed E-state index contributed by atoms with van der Waals surface area (Å²) >= 11 is 0. The van der Waals surface area contributed by atoms with Crippen LogP contribution in [0.4, 0.5) is 18.9 Å². The van der Waals surface area contributed by atoms with E-state index in [1.54, 1.807) is 0 Å². The SMILES string of the molecule is Cn1nc(C(F)(F)F)cc1C(=O)NC1CCCC(N)=C1C=Nc1ccc(=O)[nH]c1. The maximum Gasteiger partial charge on any atom is 0.435 e. The van der Waals surface area contributed by atoms with Crippen LogP contribution in [0, 0.1) is 0 Å². The smallest absolute Gasteiger partial charge is 0.402 e.